The van der Waals surface area contributed by atoms with Crippen LogP contribution in [0.4, 0.5) is 17.1 Å². The molecule has 0 fully saturated rings. The fourth-order valence-corrected chi connectivity index (χ4v) is 6.18. The maximum absolute atomic E-state index is 6.67. The molecule has 0 aromatic heterocycles. The van der Waals surface area contributed by atoms with Crippen molar-refractivity contribution < 1.29 is 4.74 Å². The van der Waals surface area contributed by atoms with E-state index >= 15 is 0 Å². The molecule has 0 atom stereocenters. The van der Waals surface area contributed by atoms with Crippen LogP contribution in [0.3, 0.4) is 0 Å². The second-order valence-corrected chi connectivity index (χ2v) is 10.2. The molecule has 6 aromatic rings. The van der Waals surface area contributed by atoms with Crippen molar-refractivity contribution in [3.63, 3.8) is 0 Å². The SMILES string of the molecule is c1ccc(-c2cccc(-c3cc4c5c(c3)N(c3ccccc3)c3ccccc3B5c3ccccc3O4)c2)cc1. The predicted octanol–water partition coefficient (Wildman–Crippen LogP) is 7.43. The van der Waals surface area contributed by atoms with E-state index < -0.39 is 0 Å². The Labute approximate surface area is 228 Å². The van der Waals surface area contributed by atoms with E-state index in [0.717, 1.165) is 28.4 Å². The lowest BCUT2D eigenvalue weighted by molar-refractivity contribution is 0.488. The van der Waals surface area contributed by atoms with E-state index in [1.54, 1.807) is 0 Å². The fourth-order valence-electron chi connectivity index (χ4n) is 6.18. The number of hydrogen-bond donors (Lipinski definition) is 0. The molecule has 0 saturated heterocycles. The zero-order valence-electron chi connectivity index (χ0n) is 21.3. The first-order chi connectivity index (χ1) is 19.3. The number of anilines is 3. The van der Waals surface area contributed by atoms with Gasteiger partial charge in [0.25, 0.3) is 6.71 Å². The largest absolute Gasteiger partial charge is 0.458 e. The Morgan fingerprint density at radius 2 is 1.08 bits per heavy atom. The van der Waals surface area contributed by atoms with Gasteiger partial charge >= 0.3 is 0 Å². The highest BCUT2D eigenvalue weighted by atomic mass is 16.5. The molecule has 0 aliphatic carbocycles. The molecule has 0 radical (unpaired) electrons. The number of benzene rings is 6. The smallest absolute Gasteiger partial charge is 0.256 e. The van der Waals surface area contributed by atoms with Gasteiger partial charge in [0.2, 0.25) is 0 Å². The Bertz CT molecular complexity index is 1850. The van der Waals surface area contributed by atoms with Crippen LogP contribution in [0, 0.1) is 0 Å². The van der Waals surface area contributed by atoms with E-state index in [-0.39, 0.29) is 6.71 Å². The summed E-state index contributed by atoms with van der Waals surface area (Å²) in [5, 5.41) is 0. The highest BCUT2D eigenvalue weighted by molar-refractivity contribution is 6.99. The maximum Gasteiger partial charge on any atom is 0.256 e. The van der Waals surface area contributed by atoms with Gasteiger partial charge in [0.15, 0.2) is 0 Å². The lowest BCUT2D eigenvalue weighted by Crippen LogP contribution is -2.59. The summed E-state index contributed by atoms with van der Waals surface area (Å²) in [6.45, 7) is 0.112. The Hall–Kier alpha value is -5.02. The molecule has 2 aliphatic heterocycles. The Morgan fingerprint density at radius 1 is 0.436 bits per heavy atom. The number of para-hydroxylation sites is 3. The van der Waals surface area contributed by atoms with Crippen LogP contribution in [-0.2, 0) is 0 Å². The van der Waals surface area contributed by atoms with E-state index in [1.807, 2.05) is 0 Å². The first-order valence-electron chi connectivity index (χ1n) is 13.4. The Kier molecular flexibility index (Phi) is 4.96. The average Bonchev–Trinajstić information content (AvgIpc) is 3.01. The van der Waals surface area contributed by atoms with Crippen LogP contribution in [0.1, 0.15) is 0 Å². The van der Waals surface area contributed by atoms with Crippen LogP contribution in [0.15, 0.2) is 146 Å². The minimum atomic E-state index is 0.112. The van der Waals surface area contributed by atoms with Crippen LogP contribution in [-0.4, -0.2) is 6.71 Å². The van der Waals surface area contributed by atoms with E-state index in [2.05, 4.69) is 150 Å². The van der Waals surface area contributed by atoms with Crippen LogP contribution in [0.2, 0.25) is 0 Å². The second kappa shape index (κ2) is 8.78. The minimum Gasteiger partial charge on any atom is -0.458 e. The van der Waals surface area contributed by atoms with E-state index in [0.29, 0.717) is 0 Å². The molecule has 2 aliphatic rings. The Balaban J connectivity index is 1.39. The van der Waals surface area contributed by atoms with Crippen LogP contribution >= 0.6 is 0 Å². The molecule has 2 heterocycles. The first kappa shape index (κ1) is 22.0. The molecule has 2 nitrogen and oxygen atoms in total. The van der Waals surface area contributed by atoms with Gasteiger partial charge in [-0.25, -0.2) is 0 Å². The lowest BCUT2D eigenvalue weighted by Gasteiger charge is -2.40. The van der Waals surface area contributed by atoms with Gasteiger partial charge in [-0.3, -0.25) is 0 Å². The quantitative estimate of drug-likeness (QED) is 0.236. The zero-order chi connectivity index (χ0) is 25.8. The van der Waals surface area contributed by atoms with Crippen LogP contribution < -0.4 is 26.0 Å². The molecule has 8 rings (SSSR count). The first-order valence-corrected chi connectivity index (χ1v) is 13.4. The molecule has 0 saturated carbocycles. The third-order valence-electron chi connectivity index (χ3n) is 7.91. The molecule has 3 heteroatoms. The van der Waals surface area contributed by atoms with Crippen molar-refractivity contribution in [3.8, 4) is 33.8 Å². The van der Waals surface area contributed by atoms with Crippen molar-refractivity contribution in [2.24, 2.45) is 0 Å². The van der Waals surface area contributed by atoms with Gasteiger partial charge < -0.3 is 9.64 Å². The number of rotatable bonds is 3. The number of fused-ring (bicyclic) bond motifs is 4. The van der Waals surface area contributed by atoms with E-state index in [1.165, 1.54) is 38.8 Å². The molecule has 0 N–H and O–H groups in total. The standard InChI is InChI=1S/C36H24BNO/c1-3-12-25(13-4-1)26-14-11-15-27(22-26)28-23-33-36-35(24-28)39-34-21-10-8-19-31(34)37(36)30-18-7-9-20-32(30)38(33)29-16-5-2-6-17-29/h1-24H. The summed E-state index contributed by atoms with van der Waals surface area (Å²) in [6, 6.07) is 51.8. The van der Waals surface area contributed by atoms with Crippen molar-refractivity contribution in [2.75, 3.05) is 4.90 Å². The zero-order valence-corrected chi connectivity index (χ0v) is 21.3. The molecule has 39 heavy (non-hydrogen) atoms. The molecule has 6 aromatic carbocycles. The van der Waals surface area contributed by atoms with Crippen LogP contribution in [0.5, 0.6) is 11.5 Å². The van der Waals surface area contributed by atoms with E-state index in [4.69, 9.17) is 4.74 Å². The second-order valence-electron chi connectivity index (χ2n) is 10.2. The van der Waals surface area contributed by atoms with Gasteiger partial charge in [-0.15, -0.1) is 0 Å². The van der Waals surface area contributed by atoms with Crippen LogP contribution in [0.25, 0.3) is 22.3 Å². The molecule has 0 spiro atoms. The number of ether oxygens (including phenoxy) is 1. The summed E-state index contributed by atoms with van der Waals surface area (Å²) in [5.41, 5.74) is 12.0. The van der Waals surface area contributed by atoms with Crippen molar-refractivity contribution in [2.45, 2.75) is 0 Å². The fraction of sp³-hybridized carbons (Fsp3) is 0. The third kappa shape index (κ3) is 3.51. The highest BCUT2D eigenvalue weighted by Crippen LogP contribution is 2.43. The molecule has 182 valence electrons. The normalized spacial score (nSPS) is 12.7. The van der Waals surface area contributed by atoms with Gasteiger partial charge in [-0.1, -0.05) is 103 Å². The molecular formula is C36H24BNO. The van der Waals surface area contributed by atoms with Gasteiger partial charge in [-0.2, -0.15) is 0 Å². The maximum atomic E-state index is 6.67. The summed E-state index contributed by atoms with van der Waals surface area (Å²) in [4.78, 5) is 2.40. The summed E-state index contributed by atoms with van der Waals surface area (Å²) >= 11 is 0. The van der Waals surface area contributed by atoms with Gasteiger partial charge in [0.1, 0.15) is 11.5 Å². The molecular weight excluding hydrogens is 473 g/mol. The van der Waals surface area contributed by atoms with Crippen molar-refractivity contribution in [3.05, 3.63) is 146 Å². The highest BCUT2D eigenvalue weighted by Gasteiger charge is 2.41. The Morgan fingerprint density at radius 3 is 1.90 bits per heavy atom. The van der Waals surface area contributed by atoms with Gasteiger partial charge in [-0.05, 0) is 81.1 Å². The van der Waals surface area contributed by atoms with Gasteiger partial charge in [0, 0.05) is 17.1 Å². The van der Waals surface area contributed by atoms with E-state index in [9.17, 15) is 0 Å². The van der Waals surface area contributed by atoms with Crippen molar-refractivity contribution >= 4 is 40.2 Å². The molecule has 0 bridgehead atoms. The summed E-state index contributed by atoms with van der Waals surface area (Å²) in [5.74, 6) is 1.85. The predicted molar refractivity (Wildman–Crippen MR) is 163 cm³/mol. The lowest BCUT2D eigenvalue weighted by atomic mass is 9.34. The topological polar surface area (TPSA) is 12.5 Å². The summed E-state index contributed by atoms with van der Waals surface area (Å²) in [6.07, 6.45) is 0. The van der Waals surface area contributed by atoms with Gasteiger partial charge in [0.05, 0.1) is 0 Å². The monoisotopic (exact) mass is 497 g/mol. The third-order valence-corrected chi connectivity index (χ3v) is 7.91. The number of hydrogen-bond acceptors (Lipinski definition) is 2. The summed E-state index contributed by atoms with van der Waals surface area (Å²) in [7, 11) is 0. The summed E-state index contributed by atoms with van der Waals surface area (Å²) < 4.78 is 6.67. The molecule has 0 amide bonds. The minimum absolute atomic E-state index is 0.112. The number of nitrogens with zero attached hydrogens (tertiary/aromatic N) is 1. The molecule has 0 unspecified atom stereocenters. The van der Waals surface area contributed by atoms with Crippen molar-refractivity contribution in [1.29, 1.82) is 0 Å². The average molecular weight is 497 g/mol. The van der Waals surface area contributed by atoms with Crippen molar-refractivity contribution in [1.82, 2.24) is 0 Å².